The van der Waals surface area contributed by atoms with E-state index in [-0.39, 0.29) is 17.8 Å². The number of rotatable bonds is 3. The van der Waals surface area contributed by atoms with Crippen LogP contribution in [0.5, 0.6) is 0 Å². The number of carboxylic acid groups (broad SMARTS) is 1. The molecule has 5 nitrogen and oxygen atoms in total. The lowest BCUT2D eigenvalue weighted by atomic mass is 10.1. The Bertz CT molecular complexity index is 647. The van der Waals surface area contributed by atoms with Gasteiger partial charge in [0.05, 0.1) is 12.1 Å². The number of aromatic carboxylic acids is 1. The van der Waals surface area contributed by atoms with Crippen LogP contribution in [-0.4, -0.2) is 20.6 Å². The van der Waals surface area contributed by atoms with Gasteiger partial charge in [0.25, 0.3) is 0 Å². The van der Waals surface area contributed by atoms with Crippen molar-refractivity contribution in [2.75, 3.05) is 0 Å². The molecule has 1 heterocycles. The predicted molar refractivity (Wildman–Crippen MR) is 65.7 cm³/mol. The molecule has 1 aromatic carbocycles. The molecule has 18 heavy (non-hydrogen) atoms. The zero-order chi connectivity index (χ0) is 13.1. The van der Waals surface area contributed by atoms with Gasteiger partial charge in [0, 0.05) is 12.4 Å². The van der Waals surface area contributed by atoms with Gasteiger partial charge in [-0.2, -0.15) is 0 Å². The average Bonchev–Trinajstić information content (AvgIpc) is 2.34. The fourth-order valence-electron chi connectivity index (χ4n) is 1.73. The van der Waals surface area contributed by atoms with E-state index < -0.39 is 5.97 Å². The van der Waals surface area contributed by atoms with E-state index in [9.17, 15) is 9.59 Å². The Morgan fingerprint density at radius 3 is 2.83 bits per heavy atom. The molecule has 92 valence electrons. The van der Waals surface area contributed by atoms with Crippen LogP contribution in [0.15, 0.2) is 41.5 Å². The number of benzene rings is 1. The van der Waals surface area contributed by atoms with Crippen molar-refractivity contribution in [3.8, 4) is 0 Å². The van der Waals surface area contributed by atoms with Gasteiger partial charge in [-0.15, -0.1) is 0 Å². The number of aryl methyl sites for hydroxylation is 1. The van der Waals surface area contributed by atoms with Crippen LogP contribution in [0.3, 0.4) is 0 Å². The van der Waals surface area contributed by atoms with Crippen LogP contribution >= 0.6 is 0 Å². The molecule has 0 aliphatic rings. The maximum absolute atomic E-state index is 11.6. The topological polar surface area (TPSA) is 72.2 Å². The summed E-state index contributed by atoms with van der Waals surface area (Å²) in [6.45, 7) is 2.03. The largest absolute Gasteiger partial charge is 0.478 e. The molecule has 2 rings (SSSR count). The zero-order valence-electron chi connectivity index (χ0n) is 9.83. The van der Waals surface area contributed by atoms with E-state index >= 15 is 0 Å². The Balaban J connectivity index is 2.43. The smallest absolute Gasteiger partial charge is 0.347 e. The quantitative estimate of drug-likeness (QED) is 0.883. The van der Waals surface area contributed by atoms with E-state index in [1.165, 1.54) is 16.8 Å². The first-order chi connectivity index (χ1) is 8.58. The maximum atomic E-state index is 11.6. The number of carbonyl (C=O) groups is 1. The molecule has 0 spiro atoms. The minimum atomic E-state index is -1.00. The van der Waals surface area contributed by atoms with Gasteiger partial charge in [-0.3, -0.25) is 4.57 Å². The van der Waals surface area contributed by atoms with Crippen LogP contribution in [0.25, 0.3) is 0 Å². The molecule has 2 aromatic rings. The van der Waals surface area contributed by atoms with Crippen LogP contribution in [0.2, 0.25) is 0 Å². The SMILES string of the molecule is Cc1cnc(=O)n(Cc2ccccc2C(=O)O)c1. The molecule has 0 saturated carbocycles. The Morgan fingerprint density at radius 2 is 2.11 bits per heavy atom. The van der Waals surface area contributed by atoms with Crippen molar-refractivity contribution in [2.45, 2.75) is 13.5 Å². The number of aromatic nitrogens is 2. The van der Waals surface area contributed by atoms with E-state index in [1.54, 1.807) is 24.4 Å². The van der Waals surface area contributed by atoms with Crippen molar-refractivity contribution < 1.29 is 9.90 Å². The lowest BCUT2D eigenvalue weighted by molar-refractivity contribution is 0.0695. The highest BCUT2D eigenvalue weighted by atomic mass is 16.4. The summed E-state index contributed by atoms with van der Waals surface area (Å²) in [6, 6.07) is 6.62. The second-order valence-corrected chi connectivity index (χ2v) is 4.00. The van der Waals surface area contributed by atoms with E-state index in [0.717, 1.165) is 5.56 Å². The van der Waals surface area contributed by atoms with Crippen molar-refractivity contribution >= 4 is 5.97 Å². The summed E-state index contributed by atoms with van der Waals surface area (Å²) in [5, 5.41) is 9.06. The summed E-state index contributed by atoms with van der Waals surface area (Å²) in [5.41, 5.74) is 1.24. The number of hydrogen-bond acceptors (Lipinski definition) is 3. The molecule has 0 unspecified atom stereocenters. The highest BCUT2D eigenvalue weighted by Gasteiger charge is 2.09. The van der Waals surface area contributed by atoms with Crippen LogP contribution in [0.1, 0.15) is 21.5 Å². The molecule has 0 radical (unpaired) electrons. The molecule has 0 aliphatic heterocycles. The number of nitrogens with zero attached hydrogens (tertiary/aromatic N) is 2. The standard InChI is InChI=1S/C13H12N2O3/c1-9-6-14-13(18)15(7-9)8-10-4-2-3-5-11(10)12(16)17/h2-7H,8H2,1H3,(H,16,17). The van der Waals surface area contributed by atoms with Crippen LogP contribution < -0.4 is 5.69 Å². The first-order valence-electron chi connectivity index (χ1n) is 5.42. The van der Waals surface area contributed by atoms with Crippen molar-refractivity contribution in [1.29, 1.82) is 0 Å². The number of hydrogen-bond donors (Lipinski definition) is 1. The van der Waals surface area contributed by atoms with Crippen LogP contribution in [-0.2, 0) is 6.54 Å². The summed E-state index contributed by atoms with van der Waals surface area (Å²) in [6.07, 6.45) is 3.15. The molecule has 0 atom stereocenters. The van der Waals surface area contributed by atoms with Crippen molar-refractivity contribution in [1.82, 2.24) is 9.55 Å². The van der Waals surface area contributed by atoms with Gasteiger partial charge in [0.1, 0.15) is 0 Å². The van der Waals surface area contributed by atoms with E-state index in [1.807, 2.05) is 6.92 Å². The Hall–Kier alpha value is -2.43. The molecule has 1 N–H and O–H groups in total. The van der Waals surface area contributed by atoms with Gasteiger partial charge in [-0.1, -0.05) is 18.2 Å². The van der Waals surface area contributed by atoms with Crippen LogP contribution in [0.4, 0.5) is 0 Å². The van der Waals surface area contributed by atoms with Gasteiger partial charge >= 0.3 is 11.7 Å². The van der Waals surface area contributed by atoms with Gasteiger partial charge in [-0.05, 0) is 24.1 Å². The minimum absolute atomic E-state index is 0.200. The molecule has 1 aromatic heterocycles. The van der Waals surface area contributed by atoms with Gasteiger partial charge in [0.15, 0.2) is 0 Å². The monoisotopic (exact) mass is 244 g/mol. The third kappa shape index (κ3) is 2.45. The molecule has 0 bridgehead atoms. The molecule has 0 amide bonds. The van der Waals surface area contributed by atoms with Crippen molar-refractivity contribution in [2.24, 2.45) is 0 Å². The Morgan fingerprint density at radius 1 is 1.39 bits per heavy atom. The van der Waals surface area contributed by atoms with E-state index in [0.29, 0.717) is 5.56 Å². The third-order valence-electron chi connectivity index (χ3n) is 2.57. The van der Waals surface area contributed by atoms with Crippen LogP contribution in [0, 0.1) is 6.92 Å². The lowest BCUT2D eigenvalue weighted by Gasteiger charge is -2.08. The zero-order valence-corrected chi connectivity index (χ0v) is 9.83. The fraction of sp³-hybridized carbons (Fsp3) is 0.154. The highest BCUT2D eigenvalue weighted by Crippen LogP contribution is 2.10. The normalized spacial score (nSPS) is 10.3. The summed E-state index contributed by atoms with van der Waals surface area (Å²) < 4.78 is 1.40. The Kier molecular flexibility index (Phi) is 3.23. The predicted octanol–water partition coefficient (Wildman–Crippen LogP) is 1.30. The van der Waals surface area contributed by atoms with Crippen molar-refractivity contribution in [3.05, 3.63) is 63.8 Å². The molecule has 0 fully saturated rings. The summed E-state index contributed by atoms with van der Waals surface area (Å²) in [4.78, 5) is 26.3. The van der Waals surface area contributed by atoms with Gasteiger partial charge in [-0.25, -0.2) is 14.6 Å². The van der Waals surface area contributed by atoms with Gasteiger partial charge < -0.3 is 5.11 Å². The minimum Gasteiger partial charge on any atom is -0.478 e. The molecular weight excluding hydrogens is 232 g/mol. The van der Waals surface area contributed by atoms with Crippen molar-refractivity contribution in [3.63, 3.8) is 0 Å². The highest BCUT2D eigenvalue weighted by molar-refractivity contribution is 5.89. The molecule has 5 heteroatoms. The second-order valence-electron chi connectivity index (χ2n) is 4.00. The summed E-state index contributed by atoms with van der Waals surface area (Å²) in [7, 11) is 0. The molecule has 0 aliphatic carbocycles. The maximum Gasteiger partial charge on any atom is 0.347 e. The third-order valence-corrected chi connectivity index (χ3v) is 2.57. The first-order valence-corrected chi connectivity index (χ1v) is 5.42. The number of carboxylic acids is 1. The molecule has 0 saturated heterocycles. The molecular formula is C13H12N2O3. The van der Waals surface area contributed by atoms with Gasteiger partial charge in [0.2, 0.25) is 0 Å². The fourth-order valence-corrected chi connectivity index (χ4v) is 1.73. The summed E-state index contributed by atoms with van der Waals surface area (Å²) >= 11 is 0. The first kappa shape index (κ1) is 12.0. The Labute approximate surface area is 103 Å². The van der Waals surface area contributed by atoms with E-state index in [4.69, 9.17) is 5.11 Å². The lowest BCUT2D eigenvalue weighted by Crippen LogP contribution is -2.23. The van der Waals surface area contributed by atoms with E-state index in [2.05, 4.69) is 4.98 Å². The summed E-state index contributed by atoms with van der Waals surface area (Å²) in [5.74, 6) is -1.00. The average molecular weight is 244 g/mol. The second kappa shape index (κ2) is 4.83.